The first-order valence-corrected chi connectivity index (χ1v) is 6.58. The zero-order valence-electron chi connectivity index (χ0n) is 11.5. The van der Waals surface area contributed by atoms with Crippen molar-refractivity contribution in [3.05, 3.63) is 34.7 Å². The van der Waals surface area contributed by atoms with Gasteiger partial charge >= 0.3 is 6.03 Å². The Morgan fingerprint density at radius 1 is 1.35 bits per heavy atom. The van der Waals surface area contributed by atoms with E-state index in [1.807, 2.05) is 20.8 Å². The molecule has 0 bridgehead atoms. The van der Waals surface area contributed by atoms with E-state index in [0.717, 1.165) is 11.1 Å². The molecule has 2 aromatic heterocycles. The maximum absolute atomic E-state index is 12.0. The van der Waals surface area contributed by atoms with E-state index in [0.29, 0.717) is 16.7 Å². The predicted molar refractivity (Wildman–Crippen MR) is 79.3 cm³/mol. The predicted octanol–water partition coefficient (Wildman–Crippen LogP) is 3.53. The Morgan fingerprint density at radius 2 is 2.10 bits per heavy atom. The Balaban J connectivity index is 2.09. The van der Waals surface area contributed by atoms with Gasteiger partial charge < -0.3 is 5.32 Å². The second kappa shape index (κ2) is 5.92. The normalized spacial score (nSPS) is 10.7. The summed E-state index contributed by atoms with van der Waals surface area (Å²) in [4.78, 5) is 15.9. The van der Waals surface area contributed by atoms with Crippen molar-refractivity contribution in [2.45, 2.75) is 26.7 Å². The van der Waals surface area contributed by atoms with Gasteiger partial charge in [-0.2, -0.15) is 5.10 Å². The molecule has 6 nitrogen and oxygen atoms in total. The summed E-state index contributed by atoms with van der Waals surface area (Å²) in [6.45, 7) is 5.90. The third-order valence-electron chi connectivity index (χ3n) is 2.85. The van der Waals surface area contributed by atoms with Crippen LogP contribution in [0.2, 0.25) is 5.15 Å². The molecule has 0 aliphatic heterocycles. The first kappa shape index (κ1) is 14.3. The maximum atomic E-state index is 12.0. The SMILES string of the molecule is Cc1cnc(Cl)cc1NC(=O)Nc1[nH]ncc1C(C)C. The van der Waals surface area contributed by atoms with Gasteiger partial charge in [0, 0.05) is 17.4 Å². The van der Waals surface area contributed by atoms with Crippen LogP contribution in [-0.2, 0) is 0 Å². The zero-order chi connectivity index (χ0) is 14.7. The highest BCUT2D eigenvalue weighted by molar-refractivity contribution is 6.29. The fourth-order valence-electron chi connectivity index (χ4n) is 1.73. The number of carbonyl (C=O) groups excluding carboxylic acids is 1. The molecule has 0 saturated heterocycles. The molecule has 0 radical (unpaired) electrons. The first-order chi connectivity index (χ1) is 9.47. The molecule has 2 rings (SSSR count). The van der Waals surface area contributed by atoms with Crippen LogP contribution in [0, 0.1) is 6.92 Å². The second-order valence-corrected chi connectivity index (χ2v) is 5.14. The van der Waals surface area contributed by atoms with Crippen LogP contribution in [0.3, 0.4) is 0 Å². The largest absolute Gasteiger partial charge is 0.324 e. The minimum absolute atomic E-state index is 0.265. The number of halogens is 1. The van der Waals surface area contributed by atoms with Crippen molar-refractivity contribution in [2.75, 3.05) is 10.6 Å². The average molecular weight is 294 g/mol. The van der Waals surface area contributed by atoms with Crippen molar-refractivity contribution in [3.8, 4) is 0 Å². The van der Waals surface area contributed by atoms with Crippen LogP contribution in [0.25, 0.3) is 0 Å². The van der Waals surface area contributed by atoms with Crippen LogP contribution in [-0.4, -0.2) is 21.2 Å². The van der Waals surface area contributed by atoms with Gasteiger partial charge in [0.05, 0.1) is 6.20 Å². The molecule has 0 aliphatic rings. The number of aromatic nitrogens is 3. The Hall–Kier alpha value is -2.08. The number of pyridine rings is 1. The summed E-state index contributed by atoms with van der Waals surface area (Å²) in [6, 6.07) is 1.24. The number of urea groups is 1. The molecule has 0 aliphatic carbocycles. The van der Waals surface area contributed by atoms with Gasteiger partial charge in [-0.05, 0) is 24.5 Å². The third-order valence-corrected chi connectivity index (χ3v) is 3.05. The molecule has 0 aromatic carbocycles. The summed E-state index contributed by atoms with van der Waals surface area (Å²) in [7, 11) is 0. The number of rotatable bonds is 3. The minimum atomic E-state index is -0.360. The Labute approximate surface area is 121 Å². The van der Waals surface area contributed by atoms with Gasteiger partial charge in [-0.3, -0.25) is 10.4 Å². The standard InChI is InChI=1S/C13H16ClN5O/c1-7(2)9-6-16-19-12(9)18-13(20)17-10-4-11(14)15-5-8(10)3/h4-7H,1-3H3,(H3,15,16,17,18,19,20). The van der Waals surface area contributed by atoms with Crippen molar-refractivity contribution >= 4 is 29.1 Å². The highest BCUT2D eigenvalue weighted by atomic mass is 35.5. The molecule has 106 valence electrons. The fraction of sp³-hybridized carbons (Fsp3) is 0.308. The molecule has 2 aromatic rings. The topological polar surface area (TPSA) is 82.7 Å². The van der Waals surface area contributed by atoms with Crippen LogP contribution >= 0.6 is 11.6 Å². The summed E-state index contributed by atoms with van der Waals surface area (Å²) in [5.74, 6) is 0.858. The summed E-state index contributed by atoms with van der Waals surface area (Å²) < 4.78 is 0. The number of H-pyrrole nitrogens is 1. The Morgan fingerprint density at radius 3 is 2.80 bits per heavy atom. The number of aromatic amines is 1. The number of anilines is 2. The summed E-state index contributed by atoms with van der Waals surface area (Å²) >= 11 is 5.81. The highest BCUT2D eigenvalue weighted by Crippen LogP contribution is 2.22. The third kappa shape index (κ3) is 3.27. The van der Waals surface area contributed by atoms with Crippen molar-refractivity contribution in [3.63, 3.8) is 0 Å². The van der Waals surface area contributed by atoms with Gasteiger partial charge in [-0.1, -0.05) is 25.4 Å². The molecule has 0 fully saturated rings. The smallest absolute Gasteiger partial charge is 0.307 e. The summed E-state index contributed by atoms with van der Waals surface area (Å²) in [5.41, 5.74) is 2.40. The number of carbonyl (C=O) groups is 1. The van der Waals surface area contributed by atoms with Gasteiger partial charge in [0.25, 0.3) is 0 Å². The van der Waals surface area contributed by atoms with E-state index in [1.54, 1.807) is 18.5 Å². The van der Waals surface area contributed by atoms with Crippen LogP contribution < -0.4 is 10.6 Å². The molecule has 0 atom stereocenters. The molecule has 0 unspecified atom stereocenters. The van der Waals surface area contributed by atoms with Crippen molar-refractivity contribution < 1.29 is 4.79 Å². The molecular formula is C13H16ClN5O. The molecular weight excluding hydrogens is 278 g/mol. The van der Waals surface area contributed by atoms with E-state index < -0.39 is 0 Å². The first-order valence-electron chi connectivity index (χ1n) is 6.20. The quantitative estimate of drug-likeness (QED) is 0.757. The highest BCUT2D eigenvalue weighted by Gasteiger charge is 2.12. The van der Waals surface area contributed by atoms with Crippen molar-refractivity contribution in [1.82, 2.24) is 15.2 Å². The Bertz CT molecular complexity index is 623. The lowest BCUT2D eigenvalue weighted by molar-refractivity contribution is 0.262. The molecule has 2 amide bonds. The number of hydrogen-bond donors (Lipinski definition) is 3. The number of aryl methyl sites for hydroxylation is 1. The van der Waals surface area contributed by atoms with Gasteiger partial charge in [-0.15, -0.1) is 0 Å². The molecule has 0 spiro atoms. The van der Waals surface area contributed by atoms with Gasteiger partial charge in [0.2, 0.25) is 0 Å². The maximum Gasteiger partial charge on any atom is 0.324 e. The average Bonchev–Trinajstić information content (AvgIpc) is 2.82. The Kier molecular flexibility index (Phi) is 4.24. The number of nitrogens with one attached hydrogen (secondary N) is 3. The number of hydrogen-bond acceptors (Lipinski definition) is 3. The van der Waals surface area contributed by atoms with E-state index in [9.17, 15) is 4.79 Å². The lowest BCUT2D eigenvalue weighted by Crippen LogP contribution is -2.21. The second-order valence-electron chi connectivity index (χ2n) is 4.76. The van der Waals surface area contributed by atoms with E-state index >= 15 is 0 Å². The minimum Gasteiger partial charge on any atom is -0.307 e. The van der Waals surface area contributed by atoms with Gasteiger partial charge in [0.1, 0.15) is 11.0 Å². The molecule has 0 saturated carbocycles. The van der Waals surface area contributed by atoms with E-state index in [4.69, 9.17) is 11.6 Å². The zero-order valence-corrected chi connectivity index (χ0v) is 12.2. The van der Waals surface area contributed by atoms with Crippen LogP contribution in [0.4, 0.5) is 16.3 Å². The molecule has 20 heavy (non-hydrogen) atoms. The number of amides is 2. The van der Waals surface area contributed by atoms with E-state index in [2.05, 4.69) is 25.8 Å². The molecule has 7 heteroatoms. The van der Waals surface area contributed by atoms with E-state index in [-0.39, 0.29) is 11.9 Å². The monoisotopic (exact) mass is 293 g/mol. The van der Waals surface area contributed by atoms with Crippen molar-refractivity contribution in [2.24, 2.45) is 0 Å². The molecule has 3 N–H and O–H groups in total. The van der Waals surface area contributed by atoms with Crippen LogP contribution in [0.5, 0.6) is 0 Å². The summed E-state index contributed by atoms with van der Waals surface area (Å²) in [5, 5.41) is 12.5. The molecule has 2 heterocycles. The van der Waals surface area contributed by atoms with Gasteiger partial charge in [-0.25, -0.2) is 9.78 Å². The lowest BCUT2D eigenvalue weighted by atomic mass is 10.1. The number of nitrogens with zero attached hydrogens (tertiary/aromatic N) is 2. The van der Waals surface area contributed by atoms with Crippen molar-refractivity contribution in [1.29, 1.82) is 0 Å². The lowest BCUT2D eigenvalue weighted by Gasteiger charge is -2.11. The van der Waals surface area contributed by atoms with Crippen LogP contribution in [0.15, 0.2) is 18.5 Å². The fourth-order valence-corrected chi connectivity index (χ4v) is 1.89. The van der Waals surface area contributed by atoms with Crippen LogP contribution in [0.1, 0.15) is 30.9 Å². The summed E-state index contributed by atoms with van der Waals surface area (Å²) in [6.07, 6.45) is 3.31. The van der Waals surface area contributed by atoms with E-state index in [1.165, 1.54) is 0 Å². The van der Waals surface area contributed by atoms with Gasteiger partial charge in [0.15, 0.2) is 0 Å².